The molecular formula is C26H26N2O3. The van der Waals surface area contributed by atoms with Gasteiger partial charge in [0.05, 0.1) is 14.2 Å². The third-order valence-electron chi connectivity index (χ3n) is 5.90. The van der Waals surface area contributed by atoms with E-state index in [1.54, 1.807) is 7.11 Å². The molecule has 1 heterocycles. The first-order chi connectivity index (χ1) is 15.1. The Kier molecular flexibility index (Phi) is 5.78. The minimum atomic E-state index is -1.38. The fourth-order valence-corrected chi connectivity index (χ4v) is 4.25. The molecule has 0 bridgehead atoms. The number of benzene rings is 3. The first-order valence-corrected chi connectivity index (χ1v) is 10.2. The second-order valence-corrected chi connectivity index (χ2v) is 7.62. The molecule has 2 atom stereocenters. The van der Waals surface area contributed by atoms with Crippen molar-refractivity contribution < 1.29 is 14.3 Å². The van der Waals surface area contributed by atoms with E-state index in [1.807, 2.05) is 85.1 Å². The van der Waals surface area contributed by atoms with Gasteiger partial charge < -0.3 is 20.2 Å². The minimum Gasteiger partial charge on any atom is -0.497 e. The van der Waals surface area contributed by atoms with Crippen molar-refractivity contribution in [2.24, 2.45) is 5.73 Å². The number of fused-ring (bicyclic) bond motifs is 1. The van der Waals surface area contributed by atoms with Gasteiger partial charge in [0.2, 0.25) is 0 Å². The Morgan fingerprint density at radius 3 is 2.32 bits per heavy atom. The Balaban J connectivity index is 1.95. The van der Waals surface area contributed by atoms with Gasteiger partial charge in [-0.1, -0.05) is 60.7 Å². The molecule has 0 aliphatic carbocycles. The van der Waals surface area contributed by atoms with Gasteiger partial charge in [-0.2, -0.15) is 0 Å². The smallest absolute Gasteiger partial charge is 0.331 e. The van der Waals surface area contributed by atoms with Crippen molar-refractivity contribution in [1.29, 1.82) is 0 Å². The van der Waals surface area contributed by atoms with Gasteiger partial charge in [0.1, 0.15) is 11.3 Å². The molecule has 158 valence electrons. The largest absolute Gasteiger partial charge is 0.497 e. The highest BCUT2D eigenvalue weighted by Crippen LogP contribution is 2.42. The van der Waals surface area contributed by atoms with Crippen LogP contribution in [0.1, 0.15) is 22.6 Å². The van der Waals surface area contributed by atoms with Crippen molar-refractivity contribution in [3.05, 3.63) is 102 Å². The first kappa shape index (κ1) is 20.7. The van der Waals surface area contributed by atoms with Crippen molar-refractivity contribution in [2.45, 2.75) is 17.9 Å². The summed E-state index contributed by atoms with van der Waals surface area (Å²) in [6.45, 7) is 0. The van der Waals surface area contributed by atoms with E-state index in [0.29, 0.717) is 12.0 Å². The number of aromatic nitrogens is 1. The van der Waals surface area contributed by atoms with E-state index in [-0.39, 0.29) is 5.92 Å². The van der Waals surface area contributed by atoms with E-state index < -0.39 is 11.5 Å². The summed E-state index contributed by atoms with van der Waals surface area (Å²) in [6, 6.07) is 25.3. The Bertz CT molecular complexity index is 1170. The van der Waals surface area contributed by atoms with Crippen LogP contribution in [0.15, 0.2) is 85.1 Å². The predicted octanol–water partition coefficient (Wildman–Crippen LogP) is 4.53. The van der Waals surface area contributed by atoms with Gasteiger partial charge in [0, 0.05) is 23.0 Å². The van der Waals surface area contributed by atoms with Gasteiger partial charge in [-0.15, -0.1) is 0 Å². The highest BCUT2D eigenvalue weighted by Gasteiger charge is 2.46. The van der Waals surface area contributed by atoms with Crippen molar-refractivity contribution in [2.75, 3.05) is 14.2 Å². The zero-order chi connectivity index (χ0) is 21.8. The maximum Gasteiger partial charge on any atom is 0.331 e. The number of nitrogens with two attached hydrogens (primary N) is 1. The summed E-state index contributed by atoms with van der Waals surface area (Å²) >= 11 is 0. The molecular weight excluding hydrogens is 388 g/mol. The molecule has 31 heavy (non-hydrogen) atoms. The van der Waals surface area contributed by atoms with Crippen LogP contribution in [0.3, 0.4) is 0 Å². The molecule has 3 N–H and O–H groups in total. The third-order valence-corrected chi connectivity index (χ3v) is 5.90. The lowest BCUT2D eigenvalue weighted by molar-refractivity contribution is -0.148. The molecule has 4 rings (SSSR count). The molecule has 0 amide bonds. The second-order valence-electron chi connectivity index (χ2n) is 7.62. The van der Waals surface area contributed by atoms with Crippen molar-refractivity contribution in [3.63, 3.8) is 0 Å². The van der Waals surface area contributed by atoms with E-state index in [9.17, 15) is 4.79 Å². The number of carbonyl (C=O) groups excluding carboxylic acids is 1. The Hall–Kier alpha value is -3.57. The van der Waals surface area contributed by atoms with E-state index >= 15 is 0 Å². The average Bonchev–Trinajstić information content (AvgIpc) is 3.25. The summed E-state index contributed by atoms with van der Waals surface area (Å²) in [7, 11) is 3.02. The number of carbonyl (C=O) groups is 1. The molecule has 1 unspecified atom stereocenters. The standard InChI is InChI=1S/C26H26N2O3/c1-30-20-13-14-24-21(16-20)22(17-28-24)23(15-18-9-5-3-6-10-18)26(27,25(29)31-2)19-11-7-4-8-12-19/h3-14,16-17,23,28H,15,27H2,1-2H3/t23?,26-/m0/s1. The van der Waals surface area contributed by atoms with E-state index in [1.165, 1.54) is 7.11 Å². The zero-order valence-corrected chi connectivity index (χ0v) is 17.7. The third kappa shape index (κ3) is 3.80. The van der Waals surface area contributed by atoms with Gasteiger partial charge in [-0.05, 0) is 41.3 Å². The molecule has 0 saturated carbocycles. The number of nitrogens with one attached hydrogen (secondary N) is 1. The number of ether oxygens (including phenoxy) is 2. The number of hydrogen-bond acceptors (Lipinski definition) is 4. The maximum atomic E-state index is 13.2. The average molecular weight is 415 g/mol. The first-order valence-electron chi connectivity index (χ1n) is 10.2. The summed E-state index contributed by atoms with van der Waals surface area (Å²) in [5.41, 5.74) is 9.30. The number of esters is 1. The molecule has 0 aliphatic heterocycles. The molecule has 0 saturated heterocycles. The summed E-state index contributed by atoms with van der Waals surface area (Å²) in [4.78, 5) is 16.6. The number of H-pyrrole nitrogens is 1. The van der Waals surface area contributed by atoms with Crippen LogP contribution in [0.5, 0.6) is 5.75 Å². The topological polar surface area (TPSA) is 77.3 Å². The van der Waals surface area contributed by atoms with Crippen LogP contribution in [-0.4, -0.2) is 25.2 Å². The Labute approximate surface area is 181 Å². The van der Waals surface area contributed by atoms with E-state index in [0.717, 1.165) is 27.8 Å². The molecule has 5 nitrogen and oxygen atoms in total. The number of rotatable bonds is 7. The maximum absolute atomic E-state index is 13.2. The highest BCUT2D eigenvalue weighted by atomic mass is 16.5. The molecule has 0 radical (unpaired) electrons. The van der Waals surface area contributed by atoms with Gasteiger partial charge in [0.25, 0.3) is 0 Å². The minimum absolute atomic E-state index is 0.384. The normalized spacial score (nSPS) is 14.0. The monoisotopic (exact) mass is 414 g/mol. The van der Waals surface area contributed by atoms with Crippen molar-refractivity contribution in [3.8, 4) is 5.75 Å². The summed E-state index contributed by atoms with van der Waals surface area (Å²) in [5.74, 6) is -0.116. The van der Waals surface area contributed by atoms with Gasteiger partial charge >= 0.3 is 5.97 Å². The lowest BCUT2D eigenvalue weighted by Crippen LogP contribution is -2.51. The molecule has 1 aromatic heterocycles. The Morgan fingerprint density at radius 2 is 1.68 bits per heavy atom. The molecule has 3 aromatic carbocycles. The van der Waals surface area contributed by atoms with E-state index in [4.69, 9.17) is 15.2 Å². The quantitative estimate of drug-likeness (QED) is 0.436. The van der Waals surface area contributed by atoms with Gasteiger partial charge in [-0.25, -0.2) is 4.79 Å². The van der Waals surface area contributed by atoms with E-state index in [2.05, 4.69) is 4.98 Å². The lowest BCUT2D eigenvalue weighted by Gasteiger charge is -2.35. The zero-order valence-electron chi connectivity index (χ0n) is 17.7. The van der Waals surface area contributed by atoms with Crippen LogP contribution in [-0.2, 0) is 21.5 Å². The molecule has 4 aromatic rings. The fraction of sp³-hybridized carbons (Fsp3) is 0.192. The van der Waals surface area contributed by atoms with Crippen molar-refractivity contribution in [1.82, 2.24) is 4.98 Å². The van der Waals surface area contributed by atoms with Crippen molar-refractivity contribution >= 4 is 16.9 Å². The van der Waals surface area contributed by atoms with Gasteiger partial charge in [-0.3, -0.25) is 0 Å². The van der Waals surface area contributed by atoms with Gasteiger partial charge in [0.15, 0.2) is 0 Å². The SMILES string of the molecule is COC(=O)[C@](N)(c1ccccc1)C(Cc1ccccc1)c1c[nH]c2ccc(OC)cc12. The second kappa shape index (κ2) is 8.66. The predicted molar refractivity (Wildman–Crippen MR) is 122 cm³/mol. The molecule has 0 fully saturated rings. The number of methoxy groups -OCH3 is 2. The Morgan fingerprint density at radius 1 is 1.00 bits per heavy atom. The number of aromatic amines is 1. The summed E-state index contributed by atoms with van der Waals surface area (Å²) < 4.78 is 10.7. The van der Waals surface area contributed by atoms with Crippen LogP contribution >= 0.6 is 0 Å². The molecule has 5 heteroatoms. The summed E-state index contributed by atoms with van der Waals surface area (Å²) in [6.07, 6.45) is 2.50. The van der Waals surface area contributed by atoms with Crippen LogP contribution in [0, 0.1) is 0 Å². The lowest BCUT2D eigenvalue weighted by atomic mass is 9.72. The van der Waals surface area contributed by atoms with Crippen LogP contribution in [0.2, 0.25) is 0 Å². The van der Waals surface area contributed by atoms with Crippen LogP contribution < -0.4 is 10.5 Å². The number of hydrogen-bond donors (Lipinski definition) is 2. The van der Waals surface area contributed by atoms with Crippen LogP contribution in [0.4, 0.5) is 0 Å². The van der Waals surface area contributed by atoms with Crippen LogP contribution in [0.25, 0.3) is 10.9 Å². The molecule has 0 aliphatic rings. The molecule has 0 spiro atoms. The fourth-order valence-electron chi connectivity index (χ4n) is 4.25. The summed E-state index contributed by atoms with van der Waals surface area (Å²) in [5, 5.41) is 0.968. The highest BCUT2D eigenvalue weighted by molar-refractivity contribution is 5.89.